The molecule has 1 atom stereocenters. The van der Waals surface area contributed by atoms with Gasteiger partial charge in [0.15, 0.2) is 0 Å². The first-order valence-corrected chi connectivity index (χ1v) is 9.79. The molecule has 5 rings (SSSR count). The molecule has 3 aromatic rings. The van der Waals surface area contributed by atoms with Crippen LogP contribution in [0.5, 0.6) is 0 Å². The highest BCUT2D eigenvalue weighted by molar-refractivity contribution is 5.77. The maximum atomic E-state index is 12.9. The Bertz CT molecular complexity index is 1070. The van der Waals surface area contributed by atoms with Crippen LogP contribution in [0.4, 0.5) is 5.82 Å². The maximum absolute atomic E-state index is 12.9. The first kappa shape index (κ1) is 16.4. The zero-order chi connectivity index (χ0) is 18.4. The van der Waals surface area contributed by atoms with Gasteiger partial charge in [-0.1, -0.05) is 12.1 Å². The molecule has 0 saturated carbocycles. The van der Waals surface area contributed by atoms with Gasteiger partial charge in [0.25, 0.3) is 5.56 Å². The van der Waals surface area contributed by atoms with E-state index in [2.05, 4.69) is 14.9 Å². The van der Waals surface area contributed by atoms with Crippen molar-refractivity contribution in [1.29, 1.82) is 0 Å². The van der Waals surface area contributed by atoms with Crippen molar-refractivity contribution in [2.75, 3.05) is 11.4 Å². The average Bonchev–Trinajstić information content (AvgIpc) is 3.19. The molecule has 2 aliphatic rings. The van der Waals surface area contributed by atoms with Crippen molar-refractivity contribution in [3.05, 3.63) is 58.0 Å². The Labute approximate surface area is 157 Å². The van der Waals surface area contributed by atoms with Gasteiger partial charge in [-0.3, -0.25) is 9.36 Å². The van der Waals surface area contributed by atoms with Crippen LogP contribution in [0.1, 0.15) is 48.8 Å². The van der Waals surface area contributed by atoms with Gasteiger partial charge in [0.05, 0.1) is 16.9 Å². The summed E-state index contributed by atoms with van der Waals surface area (Å²) in [5.74, 6) is 1.88. The van der Waals surface area contributed by atoms with Crippen molar-refractivity contribution in [3.63, 3.8) is 0 Å². The third-order valence-corrected chi connectivity index (χ3v) is 5.94. The molecule has 0 N–H and O–H groups in total. The van der Waals surface area contributed by atoms with Crippen molar-refractivity contribution in [1.82, 2.24) is 19.5 Å². The monoisotopic (exact) mass is 361 g/mol. The van der Waals surface area contributed by atoms with Crippen molar-refractivity contribution < 1.29 is 0 Å². The number of para-hydroxylation sites is 1. The number of aryl methyl sites for hydroxylation is 1. The summed E-state index contributed by atoms with van der Waals surface area (Å²) in [4.78, 5) is 29.3. The molecule has 1 fully saturated rings. The lowest BCUT2D eigenvalue weighted by Crippen LogP contribution is -2.32. The normalized spacial score (nSPS) is 19.4. The Morgan fingerprint density at radius 2 is 1.93 bits per heavy atom. The zero-order valence-electron chi connectivity index (χ0n) is 15.6. The highest BCUT2D eigenvalue weighted by atomic mass is 16.1. The van der Waals surface area contributed by atoms with Crippen LogP contribution in [0.3, 0.4) is 0 Å². The Kier molecular flexibility index (Phi) is 3.92. The Morgan fingerprint density at radius 1 is 1.07 bits per heavy atom. The lowest BCUT2D eigenvalue weighted by molar-refractivity contribution is 0.598. The van der Waals surface area contributed by atoms with Gasteiger partial charge in [-0.2, -0.15) is 0 Å². The van der Waals surface area contributed by atoms with Crippen molar-refractivity contribution in [2.45, 2.75) is 44.6 Å². The van der Waals surface area contributed by atoms with E-state index < -0.39 is 0 Å². The summed E-state index contributed by atoms with van der Waals surface area (Å²) in [5, 5.41) is 0.674. The molecule has 3 heterocycles. The molecule has 1 saturated heterocycles. The third-order valence-electron chi connectivity index (χ3n) is 5.94. The first-order valence-electron chi connectivity index (χ1n) is 9.79. The summed E-state index contributed by atoms with van der Waals surface area (Å²) >= 11 is 0. The summed E-state index contributed by atoms with van der Waals surface area (Å²) in [6.07, 6.45) is 8.23. The molecule has 1 aliphatic carbocycles. The number of fused-ring (bicyclic) bond motifs is 2. The van der Waals surface area contributed by atoms with E-state index in [1.165, 1.54) is 24.1 Å². The standard InChI is InChI=1S/C21H23N5O/c1-25-20(24-17-10-5-3-8-15(17)21(25)27)18-11-6-12-26(18)19-14-7-2-4-9-16(14)22-13-23-19/h3,5,8,10,13,18H,2,4,6-7,9,11-12H2,1H3. The van der Waals surface area contributed by atoms with Crippen LogP contribution < -0.4 is 10.5 Å². The van der Waals surface area contributed by atoms with Gasteiger partial charge in [0.2, 0.25) is 0 Å². The van der Waals surface area contributed by atoms with Crippen LogP contribution in [0.25, 0.3) is 10.9 Å². The topological polar surface area (TPSA) is 63.9 Å². The maximum Gasteiger partial charge on any atom is 0.261 e. The molecule has 0 spiro atoms. The van der Waals surface area contributed by atoms with Crippen LogP contribution in [0.15, 0.2) is 35.4 Å². The Hall–Kier alpha value is -2.76. The van der Waals surface area contributed by atoms with E-state index in [0.29, 0.717) is 5.39 Å². The molecule has 0 amide bonds. The van der Waals surface area contributed by atoms with Crippen molar-refractivity contribution >= 4 is 16.7 Å². The van der Waals surface area contributed by atoms with E-state index in [9.17, 15) is 4.79 Å². The molecule has 2 aromatic heterocycles. The summed E-state index contributed by atoms with van der Waals surface area (Å²) in [7, 11) is 1.84. The molecule has 6 heteroatoms. The van der Waals surface area contributed by atoms with Crippen molar-refractivity contribution in [2.24, 2.45) is 7.05 Å². The van der Waals surface area contributed by atoms with Gasteiger partial charge in [-0.15, -0.1) is 0 Å². The van der Waals surface area contributed by atoms with Crippen LogP contribution in [0, 0.1) is 0 Å². The second-order valence-corrected chi connectivity index (χ2v) is 7.53. The minimum atomic E-state index is 0.0205. The molecule has 27 heavy (non-hydrogen) atoms. The quantitative estimate of drug-likeness (QED) is 0.702. The smallest absolute Gasteiger partial charge is 0.261 e. The number of hydrogen-bond acceptors (Lipinski definition) is 5. The lowest BCUT2D eigenvalue weighted by Gasteiger charge is -2.30. The van der Waals surface area contributed by atoms with Gasteiger partial charge in [-0.25, -0.2) is 15.0 Å². The number of aromatic nitrogens is 4. The molecule has 1 unspecified atom stereocenters. The number of nitrogens with zero attached hydrogens (tertiary/aromatic N) is 5. The number of rotatable bonds is 2. The first-order chi connectivity index (χ1) is 13.2. The lowest BCUT2D eigenvalue weighted by atomic mass is 9.96. The fraction of sp³-hybridized carbons (Fsp3) is 0.429. The predicted molar refractivity (Wildman–Crippen MR) is 105 cm³/mol. The van der Waals surface area contributed by atoms with Crippen LogP contribution in [-0.2, 0) is 19.9 Å². The van der Waals surface area contributed by atoms with Gasteiger partial charge in [-0.05, 0) is 50.7 Å². The SMILES string of the molecule is Cn1c(C2CCCN2c2ncnc3c2CCCC3)nc2ccccc2c1=O. The Morgan fingerprint density at radius 3 is 2.85 bits per heavy atom. The summed E-state index contributed by atoms with van der Waals surface area (Å²) in [6.45, 7) is 0.941. The van der Waals surface area contributed by atoms with Crippen molar-refractivity contribution in [3.8, 4) is 0 Å². The second-order valence-electron chi connectivity index (χ2n) is 7.53. The largest absolute Gasteiger partial charge is 0.346 e. The fourth-order valence-corrected chi connectivity index (χ4v) is 4.57. The minimum absolute atomic E-state index is 0.0205. The summed E-state index contributed by atoms with van der Waals surface area (Å²) < 4.78 is 1.72. The molecule has 1 aromatic carbocycles. The third kappa shape index (κ3) is 2.62. The van der Waals surface area contributed by atoms with Gasteiger partial charge in [0, 0.05) is 24.8 Å². The van der Waals surface area contributed by atoms with E-state index in [1.807, 2.05) is 31.3 Å². The van der Waals surface area contributed by atoms with Crippen LogP contribution in [0.2, 0.25) is 0 Å². The van der Waals surface area contributed by atoms with Gasteiger partial charge < -0.3 is 4.90 Å². The Balaban J connectivity index is 1.63. The minimum Gasteiger partial charge on any atom is -0.346 e. The molecular formula is C21H23N5O. The second kappa shape index (κ2) is 6.44. The van der Waals surface area contributed by atoms with Crippen LogP contribution in [-0.4, -0.2) is 26.1 Å². The number of hydrogen-bond donors (Lipinski definition) is 0. The van der Waals surface area contributed by atoms with E-state index in [4.69, 9.17) is 4.98 Å². The van der Waals surface area contributed by atoms with Gasteiger partial charge >= 0.3 is 0 Å². The van der Waals surface area contributed by atoms with Crippen LogP contribution >= 0.6 is 0 Å². The molecule has 1 aliphatic heterocycles. The molecule has 6 nitrogen and oxygen atoms in total. The van der Waals surface area contributed by atoms with Gasteiger partial charge in [0.1, 0.15) is 18.0 Å². The average molecular weight is 361 g/mol. The zero-order valence-corrected chi connectivity index (χ0v) is 15.6. The molecule has 0 radical (unpaired) electrons. The summed E-state index contributed by atoms with van der Waals surface area (Å²) in [5.41, 5.74) is 3.28. The predicted octanol–water partition coefficient (Wildman–Crippen LogP) is 2.94. The van der Waals surface area contributed by atoms with E-state index in [0.717, 1.165) is 49.4 Å². The number of anilines is 1. The van der Waals surface area contributed by atoms with E-state index in [-0.39, 0.29) is 11.6 Å². The van der Waals surface area contributed by atoms with E-state index in [1.54, 1.807) is 10.9 Å². The molecular weight excluding hydrogens is 338 g/mol. The summed E-state index contributed by atoms with van der Waals surface area (Å²) in [6, 6.07) is 7.67. The highest BCUT2D eigenvalue weighted by Gasteiger charge is 2.33. The number of benzene rings is 1. The molecule has 138 valence electrons. The van der Waals surface area contributed by atoms with E-state index >= 15 is 0 Å². The molecule has 0 bridgehead atoms. The fourth-order valence-electron chi connectivity index (χ4n) is 4.57. The highest BCUT2D eigenvalue weighted by Crippen LogP contribution is 2.37.